The second-order valence-corrected chi connectivity index (χ2v) is 30.2. The first-order chi connectivity index (χ1) is 60.7. The Morgan fingerprint density at radius 1 is 0.222 bits per heavy atom. The summed E-state index contributed by atoms with van der Waals surface area (Å²) >= 11 is 0. The third kappa shape index (κ3) is 14.7. The van der Waals surface area contributed by atoms with Crippen molar-refractivity contribution in [2.45, 2.75) is 0 Å². The predicted octanol–water partition coefficient (Wildman–Crippen LogP) is 24.2. The number of aryl methyl sites for hydroxylation is 3. The van der Waals surface area contributed by atoms with Crippen molar-refractivity contribution in [3.63, 3.8) is 0 Å². The smallest absolute Gasteiger partial charge is 0.367 e. The third-order valence-corrected chi connectivity index (χ3v) is 22.9. The number of rotatable bonds is 12. The zero-order valence-corrected chi connectivity index (χ0v) is 74.6. The zero-order valence-electron chi connectivity index (χ0n) is 67.8. The molecule has 12 aromatic carbocycles. The first kappa shape index (κ1) is 81.1. The molecule has 24 rings (SSSR count). The fraction of sp³-hybridized carbons (Fsp3) is 0.0278. The molecule has 0 amide bonds. The Morgan fingerprint density at radius 3 is 0.976 bits per heavy atom. The number of para-hydroxylation sites is 6. The number of imidazole rings is 3. The molecule has 606 valence electrons. The fourth-order valence-corrected chi connectivity index (χ4v) is 17.1. The van der Waals surface area contributed by atoms with Crippen molar-refractivity contribution in [1.82, 2.24) is 72.3 Å². The van der Waals surface area contributed by atoms with Crippen LogP contribution < -0.4 is 0 Å². The summed E-state index contributed by atoms with van der Waals surface area (Å²) in [6, 6.07) is 134. The average Bonchev–Trinajstić information content (AvgIpc) is 1.59. The minimum absolute atomic E-state index is 0. The van der Waals surface area contributed by atoms with Gasteiger partial charge >= 0.3 is 63.2 Å². The van der Waals surface area contributed by atoms with Gasteiger partial charge in [-0.05, 0) is 176 Å². The molecule has 0 N–H and O–H groups in total. The van der Waals surface area contributed by atoms with Crippen LogP contribution in [0.2, 0.25) is 0 Å². The summed E-state index contributed by atoms with van der Waals surface area (Å²) in [5.41, 5.74) is 29.3. The van der Waals surface area contributed by atoms with E-state index in [0.29, 0.717) is 0 Å². The van der Waals surface area contributed by atoms with E-state index in [9.17, 15) is 0 Å². The average molecular weight is 2160 g/mol. The fourth-order valence-electron chi connectivity index (χ4n) is 17.1. The van der Waals surface area contributed by atoms with Crippen molar-refractivity contribution in [2.24, 2.45) is 21.1 Å². The van der Waals surface area contributed by atoms with E-state index in [-0.39, 0.29) is 63.2 Å². The van der Waals surface area contributed by atoms with Crippen molar-refractivity contribution in [1.29, 1.82) is 0 Å². The summed E-state index contributed by atoms with van der Waals surface area (Å²) in [5.74, 6) is 2.64. The minimum atomic E-state index is 0. The topological polar surface area (TPSA) is 146 Å². The van der Waals surface area contributed by atoms with Crippen molar-refractivity contribution < 1.29 is 63.2 Å². The molecule has 12 heterocycles. The van der Waals surface area contributed by atoms with Gasteiger partial charge in [0, 0.05) is 91.6 Å². The molecule has 0 saturated carbocycles. The molecule has 0 radical (unpaired) electrons. The van der Waals surface area contributed by atoms with Crippen molar-refractivity contribution in [2.75, 3.05) is 0 Å². The first-order valence-electron chi connectivity index (χ1n) is 40.6. The normalized spacial score (nSPS) is 11.3. The number of hydrogen-bond acceptors (Lipinski definition) is 9. The molecular weight excluding hydrogens is 2090 g/mol. The molecule has 0 fully saturated rings. The monoisotopic (exact) mass is 2160 g/mol. The second kappa shape index (κ2) is 34.6. The van der Waals surface area contributed by atoms with Crippen LogP contribution in [0.3, 0.4) is 0 Å². The molecule has 0 atom stereocenters. The van der Waals surface area contributed by atoms with Crippen LogP contribution in [0.1, 0.15) is 0 Å². The van der Waals surface area contributed by atoms with E-state index >= 15 is 0 Å². The standard InChI is InChI=1S/3C36H23N5.3Pt/c1-40-32-16-3-2-15-31(32)39-36(40)25-18-19-28-34(23-25)41(26-11-8-10-24(22-26)29-13-4-6-20-37-29)33-17-9-12-27(35(28)33)30-14-5-7-21-38-30;1-40-34-14-3-2-13-32(34)39-36(40)26-15-17-28-29-22-25(31-12-5-7-20-38-31)16-18-33(29)41(35(28)23-26)27-10-8-9-24(21-27)30-11-4-6-19-37-30;1-40-33-14-3-2-13-32(33)39-36(40)26-16-18-29-28-17-15-25(31-12-5-7-20-38-31)22-34(28)41(35(29)23-26)27-10-8-9-24(21-27)30-11-4-6-19-37-30;;;/h2-21H,1H3;2*2-20,22H,1H3;;;/q3*-2;3*+2. The number of pyridine rings is 6. The van der Waals surface area contributed by atoms with Crippen LogP contribution in [0, 0.1) is 36.4 Å². The molecule has 0 aliphatic carbocycles. The van der Waals surface area contributed by atoms with Gasteiger partial charge in [0.15, 0.2) is 0 Å². The Hall–Kier alpha value is -14.6. The maximum Gasteiger partial charge on any atom is 2.00 e. The first-order valence-corrected chi connectivity index (χ1v) is 40.6. The quantitative estimate of drug-likeness (QED) is 0.109. The van der Waals surface area contributed by atoms with Gasteiger partial charge in [0.2, 0.25) is 0 Å². The van der Waals surface area contributed by atoms with Crippen LogP contribution in [0.15, 0.2) is 365 Å². The van der Waals surface area contributed by atoms with Crippen LogP contribution in [-0.4, -0.2) is 72.3 Å². The molecule has 24 aromatic rings. The van der Waals surface area contributed by atoms with Crippen molar-refractivity contribution in [3.8, 4) is 119 Å². The Morgan fingerprint density at radius 2 is 0.556 bits per heavy atom. The number of hydrogen-bond donors (Lipinski definition) is 0. The molecular formula is C108H69N15Pt3. The van der Waals surface area contributed by atoms with Gasteiger partial charge < -0.3 is 42.4 Å². The summed E-state index contributed by atoms with van der Waals surface area (Å²) in [4.78, 5) is 42.4. The van der Waals surface area contributed by atoms with Gasteiger partial charge in [-0.2, -0.15) is 0 Å². The maximum absolute atomic E-state index is 4.96. The molecule has 126 heavy (non-hydrogen) atoms. The molecule has 0 unspecified atom stereocenters. The number of fused-ring (bicyclic) bond motifs is 12. The summed E-state index contributed by atoms with van der Waals surface area (Å²) in [6.07, 6.45) is 10.9. The Labute approximate surface area is 768 Å². The van der Waals surface area contributed by atoms with E-state index < -0.39 is 0 Å². The number of nitrogens with zero attached hydrogens (tertiary/aromatic N) is 15. The van der Waals surface area contributed by atoms with Gasteiger partial charge in [0.1, 0.15) is 0 Å². The van der Waals surface area contributed by atoms with Crippen LogP contribution in [0.5, 0.6) is 0 Å². The largest absolute Gasteiger partial charge is 2.00 e. The molecule has 0 aliphatic heterocycles. The summed E-state index contributed by atoms with van der Waals surface area (Å²) in [6.45, 7) is 0. The molecule has 12 aromatic heterocycles. The van der Waals surface area contributed by atoms with Crippen molar-refractivity contribution >= 4 is 98.5 Å². The summed E-state index contributed by atoms with van der Waals surface area (Å²) in [5, 5.41) is 6.73. The number of benzene rings is 12. The van der Waals surface area contributed by atoms with Crippen LogP contribution in [0.4, 0.5) is 0 Å². The predicted molar refractivity (Wildman–Crippen MR) is 494 cm³/mol. The molecule has 18 heteroatoms. The summed E-state index contributed by atoms with van der Waals surface area (Å²) < 4.78 is 13.1. The molecule has 0 aliphatic rings. The molecule has 0 bridgehead atoms. The minimum Gasteiger partial charge on any atom is -0.367 e. The Bertz CT molecular complexity index is 8000. The van der Waals surface area contributed by atoms with Gasteiger partial charge in [-0.15, -0.1) is 161 Å². The Balaban J connectivity index is 0.000000122. The second-order valence-electron chi connectivity index (χ2n) is 30.2. The van der Waals surface area contributed by atoms with Crippen LogP contribution >= 0.6 is 0 Å². The Kier molecular flexibility index (Phi) is 22.3. The molecule has 0 spiro atoms. The SMILES string of the molecule is Cn1c(-c2[c-]c3c(cc2)c2c(-c4ccccn4)cccc2n3-c2[c-]c(-c3ccccn3)ccc2)nc2ccccc21.Cn1c(-c2[c-]c3c(cc2)c2cc(-c4ccccn4)ccc2n3-c2[c-]c(-c3ccccn3)ccc2)nc2ccccc21.Cn1c(-c2[c-]c3c(cc2)c2ccc(-c4ccccn4)cc2n3-c2[c-]c(-c3ccccn3)ccc2)nc2ccccc21.[Pt+2].[Pt+2].[Pt+2]. The van der Waals surface area contributed by atoms with Gasteiger partial charge in [0.05, 0.1) is 67.7 Å². The van der Waals surface area contributed by atoms with E-state index in [1.54, 1.807) is 0 Å². The van der Waals surface area contributed by atoms with E-state index in [1.165, 1.54) is 0 Å². The van der Waals surface area contributed by atoms with Crippen molar-refractivity contribution in [3.05, 3.63) is 401 Å². The van der Waals surface area contributed by atoms with Gasteiger partial charge in [-0.25, -0.2) is 0 Å². The zero-order chi connectivity index (χ0) is 82.0. The maximum atomic E-state index is 4.96. The molecule has 15 nitrogen and oxygen atoms in total. The van der Waals surface area contributed by atoms with E-state index in [0.717, 1.165) is 217 Å². The third-order valence-electron chi connectivity index (χ3n) is 22.9. The van der Waals surface area contributed by atoms with E-state index in [1.807, 2.05) is 213 Å². The summed E-state index contributed by atoms with van der Waals surface area (Å²) in [7, 11) is 6.17. The number of aromatic nitrogens is 15. The molecule has 0 saturated heterocycles. The van der Waals surface area contributed by atoms with Crippen LogP contribution in [-0.2, 0) is 84.3 Å². The van der Waals surface area contributed by atoms with Gasteiger partial charge in [-0.1, -0.05) is 144 Å². The van der Waals surface area contributed by atoms with Crippen LogP contribution in [0.25, 0.3) is 217 Å². The van der Waals surface area contributed by atoms with Gasteiger partial charge in [0.25, 0.3) is 0 Å². The van der Waals surface area contributed by atoms with E-state index in [4.69, 9.17) is 19.9 Å². The van der Waals surface area contributed by atoms with Gasteiger partial charge in [-0.3, -0.25) is 29.9 Å². The van der Waals surface area contributed by atoms with E-state index in [2.05, 4.69) is 262 Å².